The first-order chi connectivity index (χ1) is 15.0. The molecule has 0 bridgehead atoms. The summed E-state index contributed by atoms with van der Waals surface area (Å²) in [4.78, 5) is 22.9. The van der Waals surface area contributed by atoms with Gasteiger partial charge in [-0.1, -0.05) is 48.5 Å². The lowest BCUT2D eigenvalue weighted by molar-refractivity contribution is -0.385. The van der Waals surface area contributed by atoms with Crippen molar-refractivity contribution < 1.29 is 9.72 Å². The van der Waals surface area contributed by atoms with E-state index in [0.29, 0.717) is 5.69 Å². The van der Waals surface area contributed by atoms with E-state index < -0.39 is 4.92 Å². The van der Waals surface area contributed by atoms with E-state index in [4.69, 9.17) is 5.10 Å². The number of hydrogen-bond donors (Lipinski definition) is 1. The predicted octanol–water partition coefficient (Wildman–Crippen LogP) is 3.27. The van der Waals surface area contributed by atoms with Gasteiger partial charge in [0.15, 0.2) is 0 Å². The largest absolute Gasteiger partial charge is 0.350 e. The van der Waals surface area contributed by atoms with Crippen LogP contribution < -0.4 is 5.32 Å². The summed E-state index contributed by atoms with van der Waals surface area (Å²) in [7, 11) is 0. The summed E-state index contributed by atoms with van der Waals surface area (Å²) in [6, 6.07) is 19.5. The SMILES string of the molecule is Cc1c([N+](=O)[O-])cnn1CC(=O)NCc1cn(-c2ccccc2)nc1-c1ccccc1. The molecule has 0 radical (unpaired) electrons. The molecule has 2 aromatic heterocycles. The highest BCUT2D eigenvalue weighted by Crippen LogP contribution is 2.23. The van der Waals surface area contributed by atoms with Crippen LogP contribution in [-0.4, -0.2) is 30.4 Å². The van der Waals surface area contributed by atoms with Crippen molar-refractivity contribution in [2.24, 2.45) is 0 Å². The number of carbonyl (C=O) groups excluding carboxylic acids is 1. The second-order valence-electron chi connectivity index (χ2n) is 6.96. The Morgan fingerprint density at radius 1 is 1.10 bits per heavy atom. The first-order valence-electron chi connectivity index (χ1n) is 9.66. The molecule has 0 spiro atoms. The number of para-hydroxylation sites is 1. The lowest BCUT2D eigenvalue weighted by Crippen LogP contribution is -2.28. The Hall–Kier alpha value is -4.27. The first kappa shape index (κ1) is 20.0. The van der Waals surface area contributed by atoms with Crippen LogP contribution in [0.2, 0.25) is 0 Å². The minimum absolute atomic E-state index is 0.104. The summed E-state index contributed by atoms with van der Waals surface area (Å²) in [6.07, 6.45) is 3.04. The average molecular weight is 416 g/mol. The van der Waals surface area contributed by atoms with Gasteiger partial charge in [0.25, 0.3) is 0 Å². The lowest BCUT2D eigenvalue weighted by atomic mass is 10.1. The molecule has 0 saturated heterocycles. The number of hydrogen-bond acceptors (Lipinski definition) is 5. The minimum Gasteiger partial charge on any atom is -0.350 e. The monoisotopic (exact) mass is 416 g/mol. The Labute approximate surface area is 178 Å². The fourth-order valence-corrected chi connectivity index (χ4v) is 3.25. The van der Waals surface area contributed by atoms with E-state index in [2.05, 4.69) is 10.4 Å². The third-order valence-corrected chi connectivity index (χ3v) is 4.90. The van der Waals surface area contributed by atoms with Gasteiger partial charge in [0.05, 0.1) is 16.3 Å². The van der Waals surface area contributed by atoms with E-state index in [1.165, 1.54) is 4.68 Å². The quantitative estimate of drug-likeness (QED) is 0.367. The van der Waals surface area contributed by atoms with Crippen molar-refractivity contribution in [1.29, 1.82) is 0 Å². The third-order valence-electron chi connectivity index (χ3n) is 4.90. The third kappa shape index (κ3) is 4.35. The summed E-state index contributed by atoms with van der Waals surface area (Å²) in [5.74, 6) is -0.299. The molecule has 1 N–H and O–H groups in total. The number of rotatable bonds is 7. The topological polar surface area (TPSA) is 108 Å². The lowest BCUT2D eigenvalue weighted by Gasteiger charge is -2.07. The number of carbonyl (C=O) groups is 1. The van der Waals surface area contributed by atoms with Crippen LogP contribution in [0.3, 0.4) is 0 Å². The van der Waals surface area contributed by atoms with Gasteiger partial charge >= 0.3 is 5.69 Å². The van der Waals surface area contributed by atoms with Crippen molar-refractivity contribution in [3.8, 4) is 16.9 Å². The summed E-state index contributed by atoms with van der Waals surface area (Å²) in [5, 5.41) is 22.5. The molecular formula is C22H20N6O3. The van der Waals surface area contributed by atoms with Gasteiger partial charge in [-0.15, -0.1) is 0 Å². The van der Waals surface area contributed by atoms with E-state index in [1.807, 2.05) is 66.9 Å². The smallest absolute Gasteiger partial charge is 0.309 e. The van der Waals surface area contributed by atoms with Gasteiger partial charge in [-0.3, -0.25) is 19.6 Å². The summed E-state index contributed by atoms with van der Waals surface area (Å²) in [6.45, 7) is 1.72. The molecule has 0 saturated carbocycles. The second kappa shape index (κ2) is 8.62. The summed E-state index contributed by atoms with van der Waals surface area (Å²) >= 11 is 0. The Kier molecular flexibility index (Phi) is 5.57. The van der Waals surface area contributed by atoms with Crippen LogP contribution in [0, 0.1) is 17.0 Å². The molecule has 1 amide bonds. The van der Waals surface area contributed by atoms with Crippen LogP contribution >= 0.6 is 0 Å². The highest BCUT2D eigenvalue weighted by Gasteiger charge is 2.18. The molecule has 9 nitrogen and oxygen atoms in total. The molecule has 0 aliphatic heterocycles. The standard InChI is InChI=1S/C22H20N6O3/c1-16-20(28(30)31)13-24-26(16)15-21(29)23-12-18-14-27(19-10-6-3-7-11-19)25-22(18)17-8-4-2-5-9-17/h2-11,13-14H,12,15H2,1H3,(H,23,29). The van der Waals surface area contributed by atoms with Crippen molar-refractivity contribution in [1.82, 2.24) is 24.9 Å². The van der Waals surface area contributed by atoms with Gasteiger partial charge in [0.1, 0.15) is 18.4 Å². The van der Waals surface area contributed by atoms with Crippen LogP contribution in [0.5, 0.6) is 0 Å². The highest BCUT2D eigenvalue weighted by atomic mass is 16.6. The van der Waals surface area contributed by atoms with Crippen molar-refractivity contribution in [3.05, 3.63) is 94.4 Å². The van der Waals surface area contributed by atoms with E-state index in [-0.39, 0.29) is 24.7 Å². The van der Waals surface area contributed by atoms with Crippen LogP contribution in [0.1, 0.15) is 11.3 Å². The molecular weight excluding hydrogens is 396 g/mol. The normalized spacial score (nSPS) is 10.7. The molecule has 0 atom stereocenters. The number of nitrogens with zero attached hydrogens (tertiary/aromatic N) is 5. The van der Waals surface area contributed by atoms with Gasteiger partial charge in [0.2, 0.25) is 5.91 Å². The number of amides is 1. The fraction of sp³-hybridized carbons (Fsp3) is 0.136. The highest BCUT2D eigenvalue weighted by molar-refractivity contribution is 5.76. The predicted molar refractivity (Wildman–Crippen MR) is 114 cm³/mol. The molecule has 2 heterocycles. The average Bonchev–Trinajstić information content (AvgIpc) is 3.37. The fourth-order valence-electron chi connectivity index (χ4n) is 3.25. The molecule has 156 valence electrons. The second-order valence-corrected chi connectivity index (χ2v) is 6.96. The van der Waals surface area contributed by atoms with E-state index in [0.717, 1.165) is 28.7 Å². The van der Waals surface area contributed by atoms with Gasteiger partial charge in [-0.2, -0.15) is 10.2 Å². The zero-order valence-electron chi connectivity index (χ0n) is 16.8. The molecule has 4 rings (SSSR count). The first-order valence-corrected chi connectivity index (χ1v) is 9.66. The van der Waals surface area contributed by atoms with Crippen LogP contribution in [0.25, 0.3) is 16.9 Å². The molecule has 4 aromatic rings. The van der Waals surface area contributed by atoms with Crippen molar-refractivity contribution in [3.63, 3.8) is 0 Å². The maximum Gasteiger partial charge on any atom is 0.309 e. The molecule has 0 fully saturated rings. The number of benzene rings is 2. The number of nitro groups is 1. The molecule has 0 unspecified atom stereocenters. The Bertz CT molecular complexity index is 1210. The maximum atomic E-state index is 12.5. The van der Waals surface area contributed by atoms with E-state index in [9.17, 15) is 14.9 Å². The molecule has 0 aliphatic rings. The zero-order valence-corrected chi connectivity index (χ0v) is 16.8. The zero-order chi connectivity index (χ0) is 21.8. The maximum absolute atomic E-state index is 12.5. The number of aromatic nitrogens is 4. The van der Waals surface area contributed by atoms with Gasteiger partial charge in [-0.25, -0.2) is 4.68 Å². The van der Waals surface area contributed by atoms with Gasteiger partial charge < -0.3 is 5.32 Å². The summed E-state index contributed by atoms with van der Waals surface area (Å²) < 4.78 is 3.10. The van der Waals surface area contributed by atoms with E-state index in [1.54, 1.807) is 11.6 Å². The minimum atomic E-state index is -0.513. The van der Waals surface area contributed by atoms with Gasteiger partial charge in [0, 0.05) is 23.9 Å². The van der Waals surface area contributed by atoms with Crippen LogP contribution in [0.4, 0.5) is 5.69 Å². The summed E-state index contributed by atoms with van der Waals surface area (Å²) in [5.41, 5.74) is 3.71. The number of nitrogens with one attached hydrogen (secondary N) is 1. The van der Waals surface area contributed by atoms with Crippen molar-refractivity contribution in [2.45, 2.75) is 20.0 Å². The molecule has 9 heteroatoms. The molecule has 31 heavy (non-hydrogen) atoms. The van der Waals surface area contributed by atoms with Crippen LogP contribution in [-0.2, 0) is 17.9 Å². The molecule has 2 aromatic carbocycles. The van der Waals surface area contributed by atoms with Crippen molar-refractivity contribution in [2.75, 3.05) is 0 Å². The Morgan fingerprint density at radius 2 is 1.77 bits per heavy atom. The Balaban J connectivity index is 1.54. The Morgan fingerprint density at radius 3 is 2.42 bits per heavy atom. The van der Waals surface area contributed by atoms with E-state index >= 15 is 0 Å². The van der Waals surface area contributed by atoms with Crippen LogP contribution in [0.15, 0.2) is 73.1 Å². The van der Waals surface area contributed by atoms with Crippen molar-refractivity contribution >= 4 is 11.6 Å². The molecule has 0 aliphatic carbocycles. The van der Waals surface area contributed by atoms with Gasteiger partial charge in [-0.05, 0) is 19.1 Å².